The summed E-state index contributed by atoms with van der Waals surface area (Å²) in [6, 6.07) is 6.43. The topological polar surface area (TPSA) is 29.4 Å². The molecule has 0 saturated heterocycles. The molecule has 0 atom stereocenters. The van der Waals surface area contributed by atoms with Crippen LogP contribution in [0.1, 0.15) is 56.6 Å². The Labute approximate surface area is 117 Å². The standard InChI is InChI=1S/C15H18BrNO/c1-11(2)12-7-13(9-14(16)8-12)15(17-10-18)5-3-4-6-15/h7-9,11H,3-6H2,1-2H3. The van der Waals surface area contributed by atoms with E-state index in [0.29, 0.717) is 5.92 Å². The van der Waals surface area contributed by atoms with E-state index in [9.17, 15) is 4.79 Å². The van der Waals surface area contributed by atoms with Crippen LogP contribution in [0.25, 0.3) is 0 Å². The Morgan fingerprint density at radius 1 is 1.28 bits per heavy atom. The molecule has 1 saturated carbocycles. The lowest BCUT2D eigenvalue weighted by Crippen LogP contribution is -2.19. The lowest BCUT2D eigenvalue weighted by Gasteiger charge is -2.24. The zero-order valence-electron chi connectivity index (χ0n) is 10.9. The van der Waals surface area contributed by atoms with E-state index < -0.39 is 0 Å². The fourth-order valence-corrected chi connectivity index (χ4v) is 3.24. The van der Waals surface area contributed by atoms with E-state index in [1.54, 1.807) is 6.08 Å². The molecule has 0 bridgehead atoms. The number of hydrogen-bond donors (Lipinski definition) is 0. The summed E-state index contributed by atoms with van der Waals surface area (Å²) in [6.45, 7) is 4.35. The first kappa shape index (κ1) is 13.5. The monoisotopic (exact) mass is 307 g/mol. The third-order valence-electron chi connectivity index (χ3n) is 3.81. The molecule has 1 aliphatic rings. The van der Waals surface area contributed by atoms with Crippen molar-refractivity contribution in [1.29, 1.82) is 0 Å². The Hall–Kier alpha value is -0.920. The maximum absolute atomic E-state index is 10.7. The molecule has 1 aromatic carbocycles. The predicted octanol–water partition coefficient (Wildman–Crippen LogP) is 4.68. The molecule has 0 aliphatic heterocycles. The number of benzene rings is 1. The van der Waals surface area contributed by atoms with Crippen molar-refractivity contribution < 1.29 is 4.79 Å². The SMILES string of the molecule is CC(C)c1cc(Br)cc(C2(N=C=O)CCCC2)c1. The normalized spacial score (nSPS) is 17.8. The van der Waals surface area contributed by atoms with Gasteiger partial charge in [0, 0.05) is 4.47 Å². The molecule has 0 spiro atoms. The Kier molecular flexibility index (Phi) is 4.04. The molecule has 1 aromatic rings. The van der Waals surface area contributed by atoms with Gasteiger partial charge in [-0.25, -0.2) is 4.79 Å². The Balaban J connectivity index is 2.51. The van der Waals surface area contributed by atoms with Crippen molar-refractivity contribution in [3.05, 3.63) is 33.8 Å². The minimum Gasteiger partial charge on any atom is -0.211 e. The van der Waals surface area contributed by atoms with E-state index in [1.807, 2.05) is 0 Å². The van der Waals surface area contributed by atoms with Gasteiger partial charge in [0.25, 0.3) is 0 Å². The van der Waals surface area contributed by atoms with Crippen molar-refractivity contribution in [2.45, 2.75) is 51.0 Å². The van der Waals surface area contributed by atoms with Crippen molar-refractivity contribution in [2.24, 2.45) is 4.99 Å². The molecule has 96 valence electrons. The van der Waals surface area contributed by atoms with E-state index in [-0.39, 0.29) is 5.54 Å². The number of aliphatic imine (C=N–C) groups is 1. The van der Waals surface area contributed by atoms with Gasteiger partial charge >= 0.3 is 0 Å². The summed E-state index contributed by atoms with van der Waals surface area (Å²) in [7, 11) is 0. The molecule has 0 unspecified atom stereocenters. The van der Waals surface area contributed by atoms with Crippen LogP contribution in [-0.4, -0.2) is 6.08 Å². The second kappa shape index (κ2) is 5.38. The fraction of sp³-hybridized carbons (Fsp3) is 0.533. The molecule has 0 N–H and O–H groups in total. The first-order chi connectivity index (χ1) is 8.57. The summed E-state index contributed by atoms with van der Waals surface area (Å²) >= 11 is 3.56. The largest absolute Gasteiger partial charge is 0.235 e. The van der Waals surface area contributed by atoms with Gasteiger partial charge in [-0.1, -0.05) is 48.7 Å². The molecule has 3 heteroatoms. The van der Waals surface area contributed by atoms with Crippen LogP contribution in [0.3, 0.4) is 0 Å². The number of carbonyl (C=O) groups excluding carboxylic acids is 1. The highest BCUT2D eigenvalue weighted by atomic mass is 79.9. The van der Waals surface area contributed by atoms with Gasteiger partial charge in [0.1, 0.15) is 0 Å². The highest BCUT2D eigenvalue weighted by Gasteiger charge is 2.36. The average Bonchev–Trinajstić information content (AvgIpc) is 2.78. The van der Waals surface area contributed by atoms with Gasteiger partial charge in [-0.3, -0.25) is 0 Å². The van der Waals surface area contributed by atoms with Gasteiger partial charge in [0.2, 0.25) is 6.08 Å². The quantitative estimate of drug-likeness (QED) is 0.589. The van der Waals surface area contributed by atoms with Crippen LogP contribution < -0.4 is 0 Å². The summed E-state index contributed by atoms with van der Waals surface area (Å²) in [6.07, 6.45) is 5.95. The number of isocyanates is 1. The third kappa shape index (κ3) is 2.57. The molecule has 2 nitrogen and oxygen atoms in total. The Morgan fingerprint density at radius 3 is 2.50 bits per heavy atom. The molecule has 2 rings (SSSR count). The molecule has 0 aromatic heterocycles. The smallest absolute Gasteiger partial charge is 0.211 e. The van der Waals surface area contributed by atoms with Gasteiger partial charge in [0.05, 0.1) is 5.54 Å². The van der Waals surface area contributed by atoms with Crippen molar-refractivity contribution in [1.82, 2.24) is 0 Å². The van der Waals surface area contributed by atoms with E-state index in [2.05, 4.69) is 53.0 Å². The molecule has 1 fully saturated rings. The first-order valence-corrected chi connectivity index (χ1v) is 7.27. The molecular formula is C15H18BrNO. The molecular weight excluding hydrogens is 290 g/mol. The van der Waals surface area contributed by atoms with Gasteiger partial charge < -0.3 is 0 Å². The second-order valence-corrected chi connectivity index (χ2v) is 6.29. The maximum atomic E-state index is 10.7. The van der Waals surface area contributed by atoms with Crippen LogP contribution in [0.15, 0.2) is 27.7 Å². The van der Waals surface area contributed by atoms with E-state index in [1.165, 1.54) is 5.56 Å². The second-order valence-electron chi connectivity index (χ2n) is 5.37. The van der Waals surface area contributed by atoms with Crippen molar-refractivity contribution in [3.63, 3.8) is 0 Å². The number of halogens is 1. The van der Waals surface area contributed by atoms with E-state index >= 15 is 0 Å². The summed E-state index contributed by atoms with van der Waals surface area (Å²) in [5.41, 5.74) is 2.11. The summed E-state index contributed by atoms with van der Waals surface area (Å²) < 4.78 is 1.07. The lowest BCUT2D eigenvalue weighted by molar-refractivity contribution is 0.455. The van der Waals surface area contributed by atoms with Crippen LogP contribution in [0.4, 0.5) is 0 Å². The van der Waals surface area contributed by atoms with Crippen LogP contribution in [0.5, 0.6) is 0 Å². The molecule has 0 radical (unpaired) electrons. The minimum absolute atomic E-state index is 0.324. The minimum atomic E-state index is -0.324. The van der Waals surface area contributed by atoms with Gasteiger partial charge in [0.15, 0.2) is 0 Å². The average molecular weight is 308 g/mol. The first-order valence-electron chi connectivity index (χ1n) is 6.47. The van der Waals surface area contributed by atoms with Crippen LogP contribution in [0.2, 0.25) is 0 Å². The predicted molar refractivity (Wildman–Crippen MR) is 76.5 cm³/mol. The third-order valence-corrected chi connectivity index (χ3v) is 4.27. The van der Waals surface area contributed by atoms with Crippen LogP contribution in [0, 0.1) is 0 Å². The highest BCUT2D eigenvalue weighted by Crippen LogP contribution is 2.43. The number of nitrogens with zero attached hydrogens (tertiary/aromatic N) is 1. The Morgan fingerprint density at radius 2 is 1.94 bits per heavy atom. The molecule has 0 amide bonds. The lowest BCUT2D eigenvalue weighted by atomic mass is 9.86. The summed E-state index contributed by atoms with van der Waals surface area (Å²) in [5.74, 6) is 0.472. The van der Waals surface area contributed by atoms with E-state index in [0.717, 1.165) is 35.7 Å². The number of rotatable bonds is 3. The van der Waals surface area contributed by atoms with Crippen LogP contribution in [-0.2, 0) is 10.3 Å². The zero-order valence-corrected chi connectivity index (χ0v) is 12.5. The van der Waals surface area contributed by atoms with Gasteiger partial charge in [-0.15, -0.1) is 0 Å². The molecule has 0 heterocycles. The van der Waals surface area contributed by atoms with E-state index in [4.69, 9.17) is 0 Å². The molecule has 1 aliphatic carbocycles. The van der Waals surface area contributed by atoms with Gasteiger partial charge in [-0.05, 0) is 42.0 Å². The van der Waals surface area contributed by atoms with Crippen molar-refractivity contribution in [3.8, 4) is 0 Å². The van der Waals surface area contributed by atoms with Crippen molar-refractivity contribution >= 4 is 22.0 Å². The summed E-state index contributed by atoms with van der Waals surface area (Å²) in [4.78, 5) is 14.9. The summed E-state index contributed by atoms with van der Waals surface area (Å²) in [5, 5.41) is 0. The van der Waals surface area contributed by atoms with Gasteiger partial charge in [-0.2, -0.15) is 4.99 Å². The van der Waals surface area contributed by atoms with Crippen LogP contribution >= 0.6 is 15.9 Å². The fourth-order valence-electron chi connectivity index (χ4n) is 2.73. The van der Waals surface area contributed by atoms with Crippen molar-refractivity contribution in [2.75, 3.05) is 0 Å². The zero-order chi connectivity index (χ0) is 13.2. The Bertz CT molecular complexity index is 483. The molecule has 18 heavy (non-hydrogen) atoms. The maximum Gasteiger partial charge on any atom is 0.235 e. The number of hydrogen-bond acceptors (Lipinski definition) is 2. The highest BCUT2D eigenvalue weighted by molar-refractivity contribution is 9.10.